The number of amides is 3. The van der Waals surface area contributed by atoms with Crippen LogP contribution >= 0.6 is 11.3 Å². The number of carbonyl (C=O) groups is 5. The van der Waals surface area contributed by atoms with E-state index in [9.17, 15) is 29.1 Å². The number of rotatable bonds is 18. The third-order valence-electron chi connectivity index (χ3n) is 9.96. The number of nitrogens with one attached hydrogen (secondary N) is 2. The Morgan fingerprint density at radius 2 is 1.73 bits per heavy atom. The minimum Gasteiger partial charge on any atom is -0.481 e. The zero-order chi connectivity index (χ0) is 37.8. The maximum Gasteiger partial charge on any atom is 0.407 e. The van der Waals surface area contributed by atoms with Crippen LogP contribution in [0.3, 0.4) is 0 Å². The number of carboxylic acid groups (broad SMARTS) is 1. The summed E-state index contributed by atoms with van der Waals surface area (Å²) >= 11 is 1.17. The minimum absolute atomic E-state index is 0.0413. The van der Waals surface area contributed by atoms with Gasteiger partial charge in [0.1, 0.15) is 10.7 Å². The molecule has 6 atom stereocenters. The first-order chi connectivity index (χ1) is 24.1. The van der Waals surface area contributed by atoms with Crippen molar-refractivity contribution in [3.8, 4) is 0 Å². The molecule has 0 unspecified atom stereocenters. The van der Waals surface area contributed by atoms with Crippen LogP contribution in [0, 0.1) is 23.7 Å². The molecule has 2 heterocycles. The van der Waals surface area contributed by atoms with E-state index in [1.165, 1.54) is 18.4 Å². The van der Waals surface area contributed by atoms with Crippen LogP contribution in [-0.2, 0) is 25.5 Å². The van der Waals surface area contributed by atoms with Crippen molar-refractivity contribution in [2.24, 2.45) is 23.7 Å². The van der Waals surface area contributed by atoms with Crippen LogP contribution in [0.5, 0.6) is 0 Å². The van der Waals surface area contributed by atoms with Gasteiger partial charge in [0, 0.05) is 50.3 Å². The first-order valence-electron chi connectivity index (χ1n) is 18.0. The van der Waals surface area contributed by atoms with E-state index in [0.717, 1.165) is 31.4 Å². The third-order valence-corrected chi connectivity index (χ3v) is 10.9. The molecule has 1 aliphatic rings. The van der Waals surface area contributed by atoms with E-state index < -0.39 is 42.0 Å². The summed E-state index contributed by atoms with van der Waals surface area (Å²) in [6, 6.07) is 8.52. The SMILES string of the molecule is CNC(=O)O[C@H](C[C@H](C(C)C)N(C)C(=O)[C@@H](CC(=O)[C@H]1CCCCN1C)C(C)C)c1nc(C(=O)N[C@@H](Cc2ccccc2)C[C@H](C)C(=O)O)cs1. The molecule has 1 aromatic carbocycles. The Morgan fingerprint density at radius 1 is 1.04 bits per heavy atom. The lowest BCUT2D eigenvalue weighted by molar-refractivity contribution is -0.143. The molecule has 0 bridgehead atoms. The molecule has 0 spiro atoms. The molecule has 12 nitrogen and oxygen atoms in total. The predicted octanol–water partition coefficient (Wildman–Crippen LogP) is 5.58. The number of carboxylic acids is 1. The standard InChI is InChI=1S/C38H57N5O7S/c1-23(2)28(20-32(44)30-16-12-13-17-42(30)7)36(46)43(8)31(24(3)4)21-33(50-38(49)39-6)35-41-29(22-51-35)34(45)40-27(18-25(5)37(47)48)19-26-14-10-9-11-15-26/h9-11,14-15,22-25,27-28,30-31,33H,12-13,16-21H2,1-8H3,(H,39,49)(H,40,45)(H,47,48)/t25-,27+,28-,30+,31+,33+/m0/s1. The molecule has 0 aliphatic carbocycles. The van der Waals surface area contributed by atoms with Gasteiger partial charge in [-0.25, -0.2) is 9.78 Å². The Balaban J connectivity index is 1.81. The van der Waals surface area contributed by atoms with Crippen LogP contribution in [-0.4, -0.2) is 95.4 Å². The van der Waals surface area contributed by atoms with Crippen molar-refractivity contribution in [1.29, 1.82) is 0 Å². The summed E-state index contributed by atoms with van der Waals surface area (Å²) < 4.78 is 5.80. The summed E-state index contributed by atoms with van der Waals surface area (Å²) in [6.07, 6.45) is 2.39. The number of alkyl carbamates (subject to hydrolysis) is 1. The summed E-state index contributed by atoms with van der Waals surface area (Å²) in [5, 5.41) is 17.0. The van der Waals surface area contributed by atoms with Crippen molar-refractivity contribution >= 4 is 41.0 Å². The first kappa shape index (κ1) is 41.6. The fourth-order valence-electron chi connectivity index (χ4n) is 6.77. The van der Waals surface area contributed by atoms with Gasteiger partial charge < -0.3 is 25.4 Å². The molecule has 1 saturated heterocycles. The van der Waals surface area contributed by atoms with Gasteiger partial charge in [-0.05, 0) is 56.7 Å². The number of likely N-dealkylation sites (tertiary alicyclic amines) is 1. The highest BCUT2D eigenvalue weighted by molar-refractivity contribution is 7.09. The number of hydrogen-bond donors (Lipinski definition) is 3. The number of benzene rings is 1. The van der Waals surface area contributed by atoms with E-state index in [2.05, 4.69) is 20.5 Å². The quantitative estimate of drug-likeness (QED) is 0.178. The number of piperidine rings is 1. The van der Waals surface area contributed by atoms with Gasteiger partial charge in [-0.3, -0.25) is 24.1 Å². The average Bonchev–Trinajstić information content (AvgIpc) is 3.59. The number of likely N-dealkylation sites (N-methyl/N-ethyl adjacent to an activating group) is 1. The van der Waals surface area contributed by atoms with Gasteiger partial charge in [-0.15, -0.1) is 11.3 Å². The molecule has 3 amide bonds. The number of aliphatic carboxylic acids is 1. The summed E-state index contributed by atoms with van der Waals surface area (Å²) in [7, 11) is 5.16. The van der Waals surface area contributed by atoms with Crippen LogP contribution in [0.1, 0.15) is 100 Å². The minimum atomic E-state index is -0.946. The molecule has 13 heteroatoms. The summed E-state index contributed by atoms with van der Waals surface area (Å²) in [5.41, 5.74) is 1.08. The van der Waals surface area contributed by atoms with Crippen molar-refractivity contribution in [2.75, 3.05) is 27.7 Å². The highest BCUT2D eigenvalue weighted by atomic mass is 32.1. The van der Waals surface area contributed by atoms with E-state index in [0.29, 0.717) is 11.4 Å². The highest BCUT2D eigenvalue weighted by Crippen LogP contribution is 2.32. The van der Waals surface area contributed by atoms with Crippen LogP contribution in [0.4, 0.5) is 4.79 Å². The smallest absolute Gasteiger partial charge is 0.407 e. The van der Waals surface area contributed by atoms with Crippen molar-refractivity contribution in [3.05, 3.63) is 52.0 Å². The normalized spacial score (nSPS) is 18.0. The fraction of sp³-hybridized carbons (Fsp3) is 0.632. The van der Waals surface area contributed by atoms with Crippen LogP contribution in [0.2, 0.25) is 0 Å². The van der Waals surface area contributed by atoms with E-state index >= 15 is 0 Å². The second-order valence-electron chi connectivity index (χ2n) is 14.6. The number of nitrogens with zero attached hydrogens (tertiary/aromatic N) is 3. The molecule has 282 valence electrons. The van der Waals surface area contributed by atoms with E-state index in [4.69, 9.17) is 4.74 Å². The lowest BCUT2D eigenvalue weighted by Gasteiger charge is -2.37. The topological polar surface area (TPSA) is 158 Å². The maximum absolute atomic E-state index is 14.1. The monoisotopic (exact) mass is 727 g/mol. The van der Waals surface area contributed by atoms with E-state index in [1.54, 1.807) is 24.3 Å². The van der Waals surface area contributed by atoms with Crippen molar-refractivity contribution in [2.45, 2.75) is 104 Å². The Kier molecular flexibility index (Phi) is 16.0. The molecule has 1 fully saturated rings. The summed E-state index contributed by atoms with van der Waals surface area (Å²) in [5.74, 6) is -2.72. The van der Waals surface area contributed by atoms with Crippen molar-refractivity contribution < 1.29 is 33.8 Å². The van der Waals surface area contributed by atoms with Gasteiger partial charge in [0.05, 0.1) is 12.0 Å². The number of ketones is 1. The van der Waals surface area contributed by atoms with E-state index in [-0.39, 0.29) is 60.6 Å². The molecule has 1 aliphatic heterocycles. The second-order valence-corrected chi connectivity index (χ2v) is 15.4. The zero-order valence-electron chi connectivity index (χ0n) is 31.4. The maximum atomic E-state index is 14.1. The molecule has 0 radical (unpaired) electrons. The van der Waals surface area contributed by atoms with Crippen molar-refractivity contribution in [1.82, 2.24) is 25.4 Å². The third kappa shape index (κ3) is 12.1. The Bertz CT molecular complexity index is 1470. The van der Waals surface area contributed by atoms with Gasteiger partial charge in [-0.1, -0.05) is 71.4 Å². The molecule has 51 heavy (non-hydrogen) atoms. The molecule has 1 aromatic heterocycles. The molecule has 2 aromatic rings. The van der Waals surface area contributed by atoms with Crippen LogP contribution in [0.15, 0.2) is 35.7 Å². The average molecular weight is 728 g/mol. The predicted molar refractivity (Wildman–Crippen MR) is 197 cm³/mol. The number of hydrogen-bond acceptors (Lipinski definition) is 9. The summed E-state index contributed by atoms with van der Waals surface area (Å²) in [6.45, 7) is 10.4. The van der Waals surface area contributed by atoms with Gasteiger partial charge in [0.2, 0.25) is 5.91 Å². The Hall–Kier alpha value is -3.84. The lowest BCUT2D eigenvalue weighted by atomic mass is 9.84. The number of aromatic nitrogens is 1. The van der Waals surface area contributed by atoms with Gasteiger partial charge in [0.25, 0.3) is 5.91 Å². The summed E-state index contributed by atoms with van der Waals surface area (Å²) in [4.78, 5) is 73.6. The fourth-order valence-corrected chi connectivity index (χ4v) is 7.61. The van der Waals surface area contributed by atoms with Gasteiger partial charge in [0.15, 0.2) is 11.9 Å². The molecular formula is C38H57N5O7S. The molecule has 0 saturated carbocycles. The Morgan fingerprint density at radius 3 is 2.31 bits per heavy atom. The van der Waals surface area contributed by atoms with Gasteiger partial charge in [-0.2, -0.15) is 0 Å². The number of ether oxygens (including phenoxy) is 1. The lowest BCUT2D eigenvalue weighted by Crippen LogP contribution is -2.48. The zero-order valence-corrected chi connectivity index (χ0v) is 32.2. The second kappa shape index (κ2) is 19.7. The van der Waals surface area contributed by atoms with Crippen LogP contribution < -0.4 is 10.6 Å². The molecular weight excluding hydrogens is 671 g/mol. The number of Topliss-reactive ketones (excluding diaryl/α,β-unsaturated/α-hetero) is 1. The largest absolute Gasteiger partial charge is 0.481 e. The van der Waals surface area contributed by atoms with E-state index in [1.807, 2.05) is 65.1 Å². The number of carbonyl (C=O) groups excluding carboxylic acids is 4. The Labute approximate surface area is 306 Å². The van der Waals surface area contributed by atoms with Crippen LogP contribution in [0.25, 0.3) is 0 Å². The molecule has 3 N–H and O–H groups in total. The van der Waals surface area contributed by atoms with Crippen molar-refractivity contribution in [3.63, 3.8) is 0 Å². The first-order valence-corrected chi connectivity index (χ1v) is 18.9. The van der Waals surface area contributed by atoms with Gasteiger partial charge >= 0.3 is 12.1 Å². The number of thiazole rings is 1. The highest BCUT2D eigenvalue weighted by Gasteiger charge is 2.37. The molecule has 3 rings (SSSR count).